The minimum absolute atomic E-state index is 0.0303. The first kappa shape index (κ1) is 21.3. The van der Waals surface area contributed by atoms with Crippen LogP contribution >= 0.6 is 0 Å². The van der Waals surface area contributed by atoms with E-state index in [2.05, 4.69) is 10.6 Å². The third-order valence-electron chi connectivity index (χ3n) is 3.74. The highest BCUT2D eigenvalue weighted by atomic mass is 19.1. The first-order chi connectivity index (χ1) is 13.0. The highest BCUT2D eigenvalue weighted by molar-refractivity contribution is 5.95. The zero-order chi connectivity index (χ0) is 20.9. The van der Waals surface area contributed by atoms with E-state index in [0.717, 1.165) is 0 Å². The average Bonchev–Trinajstić information content (AvgIpc) is 2.57. The highest BCUT2D eigenvalue weighted by Gasteiger charge is 2.17. The molecule has 1 unspecified atom stereocenters. The van der Waals surface area contributed by atoms with Crippen molar-refractivity contribution in [2.75, 3.05) is 5.32 Å². The van der Waals surface area contributed by atoms with Crippen molar-refractivity contribution in [3.05, 3.63) is 65.2 Å². The topological polar surface area (TPSA) is 67.4 Å². The summed E-state index contributed by atoms with van der Waals surface area (Å²) in [6.45, 7) is 6.94. The van der Waals surface area contributed by atoms with Gasteiger partial charge in [0.15, 0.2) is 0 Å². The Labute approximate surface area is 163 Å². The molecule has 0 heterocycles. The van der Waals surface area contributed by atoms with Crippen molar-refractivity contribution in [2.24, 2.45) is 0 Å². The molecule has 0 saturated heterocycles. The van der Waals surface area contributed by atoms with E-state index >= 15 is 0 Å². The van der Waals surface area contributed by atoms with Gasteiger partial charge in [0.2, 0.25) is 0 Å². The Balaban J connectivity index is 1.94. The van der Waals surface area contributed by atoms with Crippen molar-refractivity contribution in [1.82, 2.24) is 5.32 Å². The monoisotopic (exact) mass is 390 g/mol. The van der Waals surface area contributed by atoms with Gasteiger partial charge in [-0.15, -0.1) is 0 Å². The van der Waals surface area contributed by atoms with E-state index in [1.54, 1.807) is 52.0 Å². The number of halogens is 2. The second-order valence-corrected chi connectivity index (χ2v) is 7.48. The lowest BCUT2D eigenvalue weighted by molar-refractivity contribution is 0.0635. The van der Waals surface area contributed by atoms with Gasteiger partial charge in [0.25, 0.3) is 5.91 Å². The molecule has 2 amide bonds. The Hall–Kier alpha value is -2.96. The van der Waals surface area contributed by atoms with Crippen LogP contribution in [0.2, 0.25) is 0 Å². The number of anilines is 1. The van der Waals surface area contributed by atoms with Crippen LogP contribution in [0, 0.1) is 11.6 Å². The number of hydrogen-bond donors (Lipinski definition) is 2. The number of nitrogens with one attached hydrogen (secondary N) is 2. The van der Waals surface area contributed by atoms with Gasteiger partial charge in [-0.3, -0.25) is 10.1 Å². The Kier molecular flexibility index (Phi) is 6.72. The molecule has 0 saturated carbocycles. The minimum Gasteiger partial charge on any atom is -0.444 e. The summed E-state index contributed by atoms with van der Waals surface area (Å²) >= 11 is 0. The fourth-order valence-corrected chi connectivity index (χ4v) is 2.52. The van der Waals surface area contributed by atoms with Gasteiger partial charge < -0.3 is 10.1 Å². The lowest BCUT2D eigenvalue weighted by Crippen LogP contribution is -2.34. The van der Waals surface area contributed by atoms with Crippen molar-refractivity contribution >= 4 is 17.7 Å². The summed E-state index contributed by atoms with van der Waals surface area (Å²) in [5, 5.41) is 5.28. The van der Waals surface area contributed by atoms with Gasteiger partial charge in [0, 0.05) is 22.9 Å². The number of rotatable bonds is 5. The number of ether oxygens (including phenoxy) is 1. The van der Waals surface area contributed by atoms with E-state index < -0.39 is 29.4 Å². The quantitative estimate of drug-likeness (QED) is 0.779. The largest absolute Gasteiger partial charge is 0.444 e. The van der Waals surface area contributed by atoms with E-state index in [9.17, 15) is 18.4 Å². The summed E-state index contributed by atoms with van der Waals surface area (Å²) in [6.07, 6.45) is -0.562. The Bertz CT molecular complexity index is 825. The van der Waals surface area contributed by atoms with Crippen LogP contribution in [0.4, 0.5) is 19.3 Å². The number of benzene rings is 2. The molecular formula is C21H24F2N2O3. The molecule has 0 aliphatic rings. The Morgan fingerprint density at radius 2 is 1.61 bits per heavy atom. The van der Waals surface area contributed by atoms with Crippen LogP contribution in [0.1, 0.15) is 43.6 Å². The molecule has 1 atom stereocenters. The zero-order valence-corrected chi connectivity index (χ0v) is 16.3. The van der Waals surface area contributed by atoms with Gasteiger partial charge in [-0.25, -0.2) is 13.6 Å². The van der Waals surface area contributed by atoms with E-state index in [1.807, 2.05) is 0 Å². The summed E-state index contributed by atoms with van der Waals surface area (Å²) in [6, 6.07) is 9.41. The number of carbonyl (C=O) groups is 2. The predicted octanol–water partition coefficient (Wildman–Crippen LogP) is 4.67. The van der Waals surface area contributed by atoms with Crippen molar-refractivity contribution in [3.8, 4) is 0 Å². The molecule has 0 radical (unpaired) electrons. The molecule has 2 aromatic rings. The van der Waals surface area contributed by atoms with Gasteiger partial charge in [-0.1, -0.05) is 6.07 Å². The normalized spacial score (nSPS) is 12.2. The molecule has 5 nitrogen and oxygen atoms in total. The maximum atomic E-state index is 13.7. The summed E-state index contributed by atoms with van der Waals surface area (Å²) in [4.78, 5) is 24.1. The van der Waals surface area contributed by atoms with Crippen molar-refractivity contribution in [2.45, 2.75) is 45.8 Å². The molecule has 0 aliphatic carbocycles. The van der Waals surface area contributed by atoms with Gasteiger partial charge in [0.1, 0.15) is 17.2 Å². The first-order valence-corrected chi connectivity index (χ1v) is 8.89. The molecule has 0 spiro atoms. The molecule has 0 aliphatic heterocycles. The number of amides is 2. The van der Waals surface area contributed by atoms with Crippen LogP contribution in [0.25, 0.3) is 0 Å². The van der Waals surface area contributed by atoms with E-state index in [0.29, 0.717) is 11.3 Å². The summed E-state index contributed by atoms with van der Waals surface area (Å²) in [5.74, 6) is -1.66. The fraction of sp³-hybridized carbons (Fsp3) is 0.333. The number of carbonyl (C=O) groups excluding carboxylic acids is 2. The SMILES string of the molecule is CC(Cc1c(F)cccc1F)NC(=O)c1ccc(NC(=O)OC(C)(C)C)cc1. The second-order valence-electron chi connectivity index (χ2n) is 7.48. The van der Waals surface area contributed by atoms with E-state index in [1.165, 1.54) is 18.2 Å². The third kappa shape index (κ3) is 6.33. The molecule has 0 bridgehead atoms. The van der Waals surface area contributed by atoms with Crippen LogP contribution < -0.4 is 10.6 Å². The average molecular weight is 390 g/mol. The maximum absolute atomic E-state index is 13.7. The van der Waals surface area contributed by atoms with Crippen molar-refractivity contribution < 1.29 is 23.1 Å². The van der Waals surface area contributed by atoms with Crippen molar-refractivity contribution in [1.29, 1.82) is 0 Å². The van der Waals surface area contributed by atoms with Crippen LogP contribution in [0.15, 0.2) is 42.5 Å². The van der Waals surface area contributed by atoms with Crippen LogP contribution in [-0.4, -0.2) is 23.6 Å². The molecule has 0 fully saturated rings. The van der Waals surface area contributed by atoms with Crippen LogP contribution in [-0.2, 0) is 11.2 Å². The smallest absolute Gasteiger partial charge is 0.412 e. The van der Waals surface area contributed by atoms with Crippen LogP contribution in [0.5, 0.6) is 0 Å². The van der Waals surface area contributed by atoms with Crippen molar-refractivity contribution in [3.63, 3.8) is 0 Å². The summed E-state index contributed by atoms with van der Waals surface area (Å²) in [5.41, 5.74) is 0.160. The fourth-order valence-electron chi connectivity index (χ4n) is 2.52. The molecule has 7 heteroatoms. The molecule has 28 heavy (non-hydrogen) atoms. The highest BCUT2D eigenvalue weighted by Crippen LogP contribution is 2.15. The first-order valence-electron chi connectivity index (χ1n) is 8.89. The van der Waals surface area contributed by atoms with E-state index in [4.69, 9.17) is 4.74 Å². The van der Waals surface area contributed by atoms with Crippen LogP contribution in [0.3, 0.4) is 0 Å². The standard InChI is InChI=1S/C21H24F2N2O3/c1-13(12-16-17(22)6-5-7-18(16)23)24-19(26)14-8-10-15(11-9-14)25-20(27)28-21(2,3)4/h5-11,13H,12H2,1-4H3,(H,24,26)(H,25,27). The Morgan fingerprint density at radius 3 is 2.14 bits per heavy atom. The Morgan fingerprint density at radius 1 is 1.04 bits per heavy atom. The molecule has 150 valence electrons. The lowest BCUT2D eigenvalue weighted by Gasteiger charge is -2.19. The van der Waals surface area contributed by atoms with Gasteiger partial charge in [-0.05, 0) is 70.5 Å². The maximum Gasteiger partial charge on any atom is 0.412 e. The second kappa shape index (κ2) is 8.82. The lowest BCUT2D eigenvalue weighted by atomic mass is 10.1. The molecule has 2 N–H and O–H groups in total. The summed E-state index contributed by atoms with van der Waals surface area (Å²) < 4.78 is 32.6. The minimum atomic E-state index is -0.640. The molecular weight excluding hydrogens is 366 g/mol. The van der Waals surface area contributed by atoms with Gasteiger partial charge in [-0.2, -0.15) is 0 Å². The van der Waals surface area contributed by atoms with Gasteiger partial charge >= 0.3 is 6.09 Å². The third-order valence-corrected chi connectivity index (χ3v) is 3.74. The molecule has 0 aromatic heterocycles. The van der Waals surface area contributed by atoms with E-state index in [-0.39, 0.29) is 17.9 Å². The molecule has 2 aromatic carbocycles. The van der Waals surface area contributed by atoms with Gasteiger partial charge in [0.05, 0.1) is 0 Å². The zero-order valence-electron chi connectivity index (χ0n) is 16.3. The predicted molar refractivity (Wildman–Crippen MR) is 103 cm³/mol. The molecule has 2 rings (SSSR count). The number of hydrogen-bond acceptors (Lipinski definition) is 3. The summed E-state index contributed by atoms with van der Waals surface area (Å²) in [7, 11) is 0.